The van der Waals surface area contributed by atoms with E-state index in [0.29, 0.717) is 15.3 Å². The standard InChI is InChI=1S/C16H7ClN2O4S/c17-11-12-10(6-3-7-18-12)24-13(11)16(22)23-19-14(20)8-4-1-2-5-9(8)15(19)21/h1-7H. The van der Waals surface area contributed by atoms with E-state index in [1.54, 1.807) is 30.5 Å². The number of hydroxylamine groups is 2. The largest absolute Gasteiger partial charge is 0.375 e. The Bertz CT molecular complexity index is 995. The van der Waals surface area contributed by atoms with Gasteiger partial charge in [-0.2, -0.15) is 0 Å². The lowest BCUT2D eigenvalue weighted by Gasteiger charge is -2.11. The summed E-state index contributed by atoms with van der Waals surface area (Å²) in [5, 5.41) is 0.596. The van der Waals surface area contributed by atoms with Gasteiger partial charge in [-0.25, -0.2) is 4.79 Å². The van der Waals surface area contributed by atoms with Gasteiger partial charge in [0.2, 0.25) is 0 Å². The summed E-state index contributed by atoms with van der Waals surface area (Å²) in [7, 11) is 0. The number of imide groups is 1. The molecule has 3 aromatic rings. The quantitative estimate of drug-likeness (QED) is 0.657. The zero-order chi connectivity index (χ0) is 16.8. The van der Waals surface area contributed by atoms with Gasteiger partial charge in [0, 0.05) is 6.20 Å². The van der Waals surface area contributed by atoms with E-state index in [1.165, 1.54) is 12.1 Å². The van der Waals surface area contributed by atoms with Gasteiger partial charge in [0.15, 0.2) is 0 Å². The topological polar surface area (TPSA) is 76.6 Å². The van der Waals surface area contributed by atoms with Crippen LogP contribution < -0.4 is 0 Å². The molecule has 3 heterocycles. The molecule has 0 fully saturated rings. The lowest BCUT2D eigenvalue weighted by molar-refractivity contribution is -0.0581. The van der Waals surface area contributed by atoms with Crippen molar-refractivity contribution in [2.45, 2.75) is 0 Å². The minimum Gasteiger partial charge on any atom is -0.323 e. The molecule has 1 aromatic carbocycles. The van der Waals surface area contributed by atoms with E-state index in [2.05, 4.69) is 4.98 Å². The zero-order valence-electron chi connectivity index (χ0n) is 11.9. The van der Waals surface area contributed by atoms with Gasteiger partial charge >= 0.3 is 5.97 Å². The third-order valence-electron chi connectivity index (χ3n) is 3.51. The molecule has 0 aliphatic carbocycles. The van der Waals surface area contributed by atoms with Crippen molar-refractivity contribution >= 4 is 50.9 Å². The molecule has 0 spiro atoms. The molecule has 4 rings (SSSR count). The maximum atomic E-state index is 12.4. The predicted octanol–water partition coefficient (Wildman–Crippen LogP) is 3.32. The lowest BCUT2D eigenvalue weighted by Crippen LogP contribution is -2.32. The van der Waals surface area contributed by atoms with E-state index in [9.17, 15) is 14.4 Å². The first-order chi connectivity index (χ1) is 11.6. The summed E-state index contributed by atoms with van der Waals surface area (Å²) in [6, 6.07) is 9.74. The molecular weight excluding hydrogens is 352 g/mol. The number of carbonyl (C=O) groups excluding carboxylic acids is 3. The van der Waals surface area contributed by atoms with Crippen molar-refractivity contribution in [3.63, 3.8) is 0 Å². The summed E-state index contributed by atoms with van der Waals surface area (Å²) in [6.07, 6.45) is 1.56. The number of rotatable bonds is 2. The molecule has 2 aromatic heterocycles. The minimum absolute atomic E-state index is 0.0851. The fraction of sp³-hybridized carbons (Fsp3) is 0. The number of hydrogen-bond acceptors (Lipinski definition) is 6. The van der Waals surface area contributed by atoms with Crippen molar-refractivity contribution in [1.82, 2.24) is 10.0 Å². The molecule has 0 bridgehead atoms. The Morgan fingerprint density at radius 3 is 2.38 bits per heavy atom. The molecule has 2 amide bonds. The van der Waals surface area contributed by atoms with Crippen molar-refractivity contribution in [2.75, 3.05) is 0 Å². The van der Waals surface area contributed by atoms with Crippen LogP contribution in [-0.2, 0) is 4.84 Å². The summed E-state index contributed by atoms with van der Waals surface area (Å²) >= 11 is 7.24. The van der Waals surface area contributed by atoms with Crippen LogP contribution in [0.1, 0.15) is 30.4 Å². The first-order valence-electron chi connectivity index (χ1n) is 6.81. The second-order valence-electron chi connectivity index (χ2n) is 4.92. The minimum atomic E-state index is -0.877. The third-order valence-corrected chi connectivity index (χ3v) is 5.11. The van der Waals surface area contributed by atoms with Crippen LogP contribution in [0.2, 0.25) is 5.02 Å². The van der Waals surface area contributed by atoms with E-state index in [0.717, 1.165) is 11.3 Å². The molecule has 118 valence electrons. The number of thiophene rings is 1. The van der Waals surface area contributed by atoms with Gasteiger partial charge in [0.05, 0.1) is 20.8 Å². The number of fused-ring (bicyclic) bond motifs is 2. The van der Waals surface area contributed by atoms with Crippen LogP contribution in [0.4, 0.5) is 0 Å². The highest BCUT2D eigenvalue weighted by Gasteiger charge is 2.39. The van der Waals surface area contributed by atoms with Gasteiger partial charge in [-0.3, -0.25) is 14.6 Å². The Morgan fingerprint density at radius 2 is 1.75 bits per heavy atom. The first kappa shape index (κ1) is 14.8. The SMILES string of the molecule is O=C(ON1C(=O)c2ccccc2C1=O)c1sc2cccnc2c1Cl. The summed E-state index contributed by atoms with van der Waals surface area (Å²) in [5.74, 6) is -2.24. The molecule has 0 unspecified atom stereocenters. The molecule has 0 N–H and O–H groups in total. The van der Waals surface area contributed by atoms with Crippen molar-refractivity contribution < 1.29 is 19.2 Å². The molecule has 6 nitrogen and oxygen atoms in total. The highest BCUT2D eigenvalue weighted by Crippen LogP contribution is 2.34. The highest BCUT2D eigenvalue weighted by atomic mass is 35.5. The Hall–Kier alpha value is -2.77. The van der Waals surface area contributed by atoms with Crippen LogP contribution in [0, 0.1) is 0 Å². The average molecular weight is 359 g/mol. The van der Waals surface area contributed by atoms with Gasteiger partial charge in [-0.05, 0) is 24.3 Å². The molecule has 0 radical (unpaired) electrons. The highest BCUT2D eigenvalue weighted by molar-refractivity contribution is 7.21. The number of carbonyl (C=O) groups is 3. The Labute approximate surface area is 144 Å². The third kappa shape index (κ3) is 2.10. The fourth-order valence-electron chi connectivity index (χ4n) is 2.41. The number of pyridine rings is 1. The molecular formula is C16H7ClN2O4S. The van der Waals surface area contributed by atoms with Crippen LogP contribution in [0.25, 0.3) is 10.2 Å². The lowest BCUT2D eigenvalue weighted by atomic mass is 10.1. The molecule has 0 saturated carbocycles. The second-order valence-corrected chi connectivity index (χ2v) is 6.35. The predicted molar refractivity (Wildman–Crippen MR) is 87.0 cm³/mol. The summed E-state index contributed by atoms with van der Waals surface area (Å²) in [6.45, 7) is 0. The molecule has 8 heteroatoms. The first-order valence-corrected chi connectivity index (χ1v) is 8.00. The van der Waals surface area contributed by atoms with Crippen LogP contribution in [0.5, 0.6) is 0 Å². The maximum Gasteiger partial charge on any atom is 0.375 e. The summed E-state index contributed by atoms with van der Waals surface area (Å²) in [5.41, 5.74) is 0.859. The smallest absolute Gasteiger partial charge is 0.323 e. The van der Waals surface area contributed by atoms with Gasteiger partial charge in [-0.15, -0.1) is 11.3 Å². The molecule has 24 heavy (non-hydrogen) atoms. The van der Waals surface area contributed by atoms with Gasteiger partial charge in [-0.1, -0.05) is 28.8 Å². The number of hydrogen-bond donors (Lipinski definition) is 0. The fourth-order valence-corrected chi connectivity index (χ4v) is 3.73. The van der Waals surface area contributed by atoms with Crippen LogP contribution in [0.15, 0.2) is 42.6 Å². The van der Waals surface area contributed by atoms with Crippen molar-refractivity contribution in [2.24, 2.45) is 0 Å². The Morgan fingerprint density at radius 1 is 1.08 bits per heavy atom. The number of amides is 2. The Kier molecular flexibility index (Phi) is 3.33. The van der Waals surface area contributed by atoms with Crippen LogP contribution in [0.3, 0.4) is 0 Å². The van der Waals surface area contributed by atoms with Gasteiger partial charge in [0.1, 0.15) is 10.4 Å². The Balaban J connectivity index is 1.66. The van der Waals surface area contributed by atoms with Gasteiger partial charge < -0.3 is 4.84 Å². The monoisotopic (exact) mass is 358 g/mol. The zero-order valence-corrected chi connectivity index (χ0v) is 13.4. The number of benzene rings is 1. The van der Waals surface area contributed by atoms with E-state index in [-0.39, 0.29) is 21.0 Å². The van der Waals surface area contributed by atoms with E-state index >= 15 is 0 Å². The molecule has 1 aliphatic heterocycles. The molecule has 1 aliphatic rings. The van der Waals surface area contributed by atoms with Gasteiger partial charge in [0.25, 0.3) is 11.8 Å². The summed E-state index contributed by atoms with van der Waals surface area (Å²) in [4.78, 5) is 46.0. The number of nitrogens with zero attached hydrogens (tertiary/aromatic N) is 2. The van der Waals surface area contributed by atoms with Crippen LogP contribution >= 0.6 is 22.9 Å². The van der Waals surface area contributed by atoms with E-state index < -0.39 is 17.8 Å². The van der Waals surface area contributed by atoms with Crippen molar-refractivity contribution in [3.8, 4) is 0 Å². The number of halogens is 1. The van der Waals surface area contributed by atoms with E-state index in [4.69, 9.17) is 16.4 Å². The van der Waals surface area contributed by atoms with Crippen LogP contribution in [-0.4, -0.2) is 27.8 Å². The average Bonchev–Trinajstić information content (AvgIpc) is 3.06. The van der Waals surface area contributed by atoms with Crippen molar-refractivity contribution in [1.29, 1.82) is 0 Å². The second kappa shape index (κ2) is 5.40. The molecule has 0 atom stereocenters. The summed E-state index contributed by atoms with van der Waals surface area (Å²) < 4.78 is 0.705. The number of aromatic nitrogens is 1. The maximum absolute atomic E-state index is 12.4. The van der Waals surface area contributed by atoms with Crippen molar-refractivity contribution in [3.05, 3.63) is 63.6 Å². The molecule has 0 saturated heterocycles. The normalized spacial score (nSPS) is 13.5. The van der Waals surface area contributed by atoms with E-state index in [1.807, 2.05) is 0 Å².